The molecular formula is C26H26N2O4. The van der Waals surface area contributed by atoms with Gasteiger partial charge in [0, 0.05) is 17.8 Å². The van der Waals surface area contributed by atoms with Gasteiger partial charge in [0.1, 0.15) is 25.2 Å². The van der Waals surface area contributed by atoms with Crippen LogP contribution in [0.1, 0.15) is 29.0 Å². The zero-order valence-electron chi connectivity index (χ0n) is 17.9. The summed E-state index contributed by atoms with van der Waals surface area (Å²) >= 11 is 0. The van der Waals surface area contributed by atoms with Crippen LogP contribution in [0.4, 0.5) is 5.69 Å². The summed E-state index contributed by atoms with van der Waals surface area (Å²) in [6.45, 7) is 0.993. The van der Waals surface area contributed by atoms with Crippen molar-refractivity contribution >= 4 is 17.4 Å². The summed E-state index contributed by atoms with van der Waals surface area (Å²) in [5.74, 6) is -0.00771. The maximum Gasteiger partial charge on any atom is 0.307 e. The van der Waals surface area contributed by atoms with E-state index in [2.05, 4.69) is 10.5 Å². The van der Waals surface area contributed by atoms with Gasteiger partial charge in [0.2, 0.25) is 0 Å². The number of nitrogens with zero attached hydrogens (tertiary/aromatic N) is 1. The van der Waals surface area contributed by atoms with E-state index in [9.17, 15) is 4.79 Å². The van der Waals surface area contributed by atoms with Crippen molar-refractivity contribution in [3.63, 3.8) is 0 Å². The number of benzene rings is 3. The second-order valence-electron chi connectivity index (χ2n) is 7.78. The number of hydrogen-bond donors (Lipinski definition) is 2. The minimum absolute atomic E-state index is 0.158. The van der Waals surface area contributed by atoms with E-state index >= 15 is 0 Å². The predicted molar refractivity (Wildman–Crippen MR) is 124 cm³/mol. The standard InChI is InChI=1S/C26H26N2O4/c1-31-28-25(20-5-3-2-4-6-20)17-32-22-13-7-18(8-14-22)16-27-21-11-9-19(10-12-21)23-15-24(23)26(29)30/h2-14,23-24,27H,15-17H2,1H3,(H,29,30)/b28-25+/t23-,24+/m0/s1. The van der Waals surface area contributed by atoms with Crippen LogP contribution in [0, 0.1) is 5.92 Å². The van der Waals surface area contributed by atoms with Crippen LogP contribution in [0.15, 0.2) is 84.0 Å². The number of carboxylic acids is 1. The molecule has 6 nitrogen and oxygen atoms in total. The van der Waals surface area contributed by atoms with Gasteiger partial charge >= 0.3 is 5.97 Å². The zero-order chi connectivity index (χ0) is 22.3. The number of hydrogen-bond acceptors (Lipinski definition) is 5. The lowest BCUT2D eigenvalue weighted by Crippen LogP contribution is -2.13. The molecule has 0 aromatic heterocycles. The first-order valence-corrected chi connectivity index (χ1v) is 10.6. The van der Waals surface area contributed by atoms with Crippen LogP contribution in [0.25, 0.3) is 0 Å². The Bertz CT molecular complexity index is 1060. The van der Waals surface area contributed by atoms with Crippen molar-refractivity contribution in [1.29, 1.82) is 0 Å². The summed E-state index contributed by atoms with van der Waals surface area (Å²) in [4.78, 5) is 16.0. The Balaban J connectivity index is 1.27. The summed E-state index contributed by atoms with van der Waals surface area (Å²) in [5.41, 5.74) is 4.91. The van der Waals surface area contributed by atoms with E-state index in [-0.39, 0.29) is 11.8 Å². The van der Waals surface area contributed by atoms with Crippen LogP contribution in [0.3, 0.4) is 0 Å². The number of aliphatic carboxylic acids is 1. The SMILES string of the molecule is CO/N=C(\COc1ccc(CNc2ccc([C@@H]3C[C@H]3C(=O)O)cc2)cc1)c1ccccc1. The van der Waals surface area contributed by atoms with Crippen LogP contribution in [0.2, 0.25) is 0 Å². The maximum absolute atomic E-state index is 11.0. The number of carboxylic acid groups (broad SMARTS) is 1. The molecule has 0 saturated heterocycles. The Morgan fingerprint density at radius 1 is 1.03 bits per heavy atom. The molecule has 2 N–H and O–H groups in total. The normalized spacial score (nSPS) is 17.5. The van der Waals surface area contributed by atoms with Gasteiger partial charge in [-0.2, -0.15) is 0 Å². The number of ether oxygens (including phenoxy) is 1. The van der Waals surface area contributed by atoms with E-state index in [4.69, 9.17) is 14.7 Å². The van der Waals surface area contributed by atoms with E-state index in [1.165, 1.54) is 7.11 Å². The Labute approximate surface area is 187 Å². The Kier molecular flexibility index (Phi) is 6.70. The predicted octanol–water partition coefficient (Wildman–Crippen LogP) is 4.92. The minimum Gasteiger partial charge on any atom is -0.487 e. The van der Waals surface area contributed by atoms with E-state index in [1.807, 2.05) is 78.9 Å². The van der Waals surface area contributed by atoms with Gasteiger partial charge in [-0.15, -0.1) is 0 Å². The quantitative estimate of drug-likeness (QED) is 0.353. The molecule has 0 aliphatic heterocycles. The lowest BCUT2D eigenvalue weighted by atomic mass is 10.1. The molecule has 0 radical (unpaired) electrons. The average molecular weight is 431 g/mol. The van der Waals surface area contributed by atoms with Crippen molar-refractivity contribution in [2.45, 2.75) is 18.9 Å². The molecule has 6 heteroatoms. The Morgan fingerprint density at radius 2 is 1.75 bits per heavy atom. The van der Waals surface area contributed by atoms with Crippen molar-refractivity contribution in [3.05, 3.63) is 95.6 Å². The molecule has 0 unspecified atom stereocenters. The first kappa shape index (κ1) is 21.4. The summed E-state index contributed by atoms with van der Waals surface area (Å²) in [7, 11) is 1.52. The third-order valence-electron chi connectivity index (χ3n) is 5.55. The molecule has 164 valence electrons. The van der Waals surface area contributed by atoms with Crippen molar-refractivity contribution in [1.82, 2.24) is 0 Å². The summed E-state index contributed by atoms with van der Waals surface area (Å²) in [6, 6.07) is 25.8. The Morgan fingerprint density at radius 3 is 2.38 bits per heavy atom. The van der Waals surface area contributed by atoms with E-state index in [0.717, 1.165) is 40.3 Å². The van der Waals surface area contributed by atoms with Crippen LogP contribution in [-0.4, -0.2) is 30.5 Å². The van der Waals surface area contributed by atoms with Gasteiger partial charge in [0.15, 0.2) is 0 Å². The summed E-state index contributed by atoms with van der Waals surface area (Å²) in [6.07, 6.45) is 0.737. The molecule has 3 aromatic carbocycles. The highest BCUT2D eigenvalue weighted by atomic mass is 16.6. The molecule has 0 amide bonds. The first-order valence-electron chi connectivity index (χ1n) is 10.6. The number of rotatable bonds is 10. The molecule has 0 heterocycles. The highest BCUT2D eigenvalue weighted by Gasteiger charge is 2.43. The molecule has 1 saturated carbocycles. The van der Waals surface area contributed by atoms with Crippen LogP contribution < -0.4 is 10.1 Å². The van der Waals surface area contributed by atoms with Crippen molar-refractivity contribution in [2.75, 3.05) is 19.0 Å². The fraction of sp³-hybridized carbons (Fsp3) is 0.231. The average Bonchev–Trinajstić information content (AvgIpc) is 3.63. The van der Waals surface area contributed by atoms with Crippen molar-refractivity contribution in [2.24, 2.45) is 11.1 Å². The van der Waals surface area contributed by atoms with Gasteiger partial charge in [0.25, 0.3) is 0 Å². The molecule has 1 aliphatic carbocycles. The van der Waals surface area contributed by atoms with Gasteiger partial charge < -0.3 is 20.0 Å². The van der Waals surface area contributed by atoms with E-state index in [1.54, 1.807) is 0 Å². The van der Waals surface area contributed by atoms with Crippen LogP contribution in [0.5, 0.6) is 5.75 Å². The maximum atomic E-state index is 11.0. The lowest BCUT2D eigenvalue weighted by molar-refractivity contribution is -0.138. The molecule has 32 heavy (non-hydrogen) atoms. The topological polar surface area (TPSA) is 80.2 Å². The molecule has 2 atom stereocenters. The number of anilines is 1. The fourth-order valence-electron chi connectivity index (χ4n) is 3.65. The van der Waals surface area contributed by atoms with Gasteiger partial charge in [-0.05, 0) is 47.7 Å². The smallest absolute Gasteiger partial charge is 0.307 e. The van der Waals surface area contributed by atoms with Gasteiger partial charge in [-0.1, -0.05) is 59.8 Å². The molecule has 1 fully saturated rings. The second kappa shape index (κ2) is 10.0. The van der Waals surface area contributed by atoms with Gasteiger partial charge in [-0.3, -0.25) is 4.79 Å². The van der Waals surface area contributed by atoms with E-state index in [0.29, 0.717) is 13.2 Å². The Hall–Kier alpha value is -3.80. The summed E-state index contributed by atoms with van der Waals surface area (Å²) in [5, 5.41) is 16.5. The summed E-state index contributed by atoms with van der Waals surface area (Å²) < 4.78 is 5.89. The van der Waals surface area contributed by atoms with E-state index < -0.39 is 5.97 Å². The van der Waals surface area contributed by atoms with Crippen LogP contribution in [-0.2, 0) is 16.2 Å². The number of carbonyl (C=O) groups is 1. The van der Waals surface area contributed by atoms with Crippen molar-refractivity contribution in [3.8, 4) is 5.75 Å². The largest absolute Gasteiger partial charge is 0.487 e. The van der Waals surface area contributed by atoms with Gasteiger partial charge in [0.05, 0.1) is 5.92 Å². The molecule has 3 aromatic rings. The number of oxime groups is 1. The molecule has 0 bridgehead atoms. The van der Waals surface area contributed by atoms with Gasteiger partial charge in [-0.25, -0.2) is 0 Å². The minimum atomic E-state index is -0.702. The number of nitrogens with one attached hydrogen (secondary N) is 1. The third kappa shape index (κ3) is 5.46. The molecule has 1 aliphatic rings. The first-order chi connectivity index (χ1) is 15.6. The third-order valence-corrected chi connectivity index (χ3v) is 5.55. The molecule has 0 spiro atoms. The highest BCUT2D eigenvalue weighted by Crippen LogP contribution is 2.47. The highest BCUT2D eigenvalue weighted by molar-refractivity contribution is 6.01. The fourth-order valence-corrected chi connectivity index (χ4v) is 3.65. The lowest BCUT2D eigenvalue weighted by Gasteiger charge is -2.11. The molecule has 4 rings (SSSR count). The zero-order valence-corrected chi connectivity index (χ0v) is 17.9. The monoisotopic (exact) mass is 430 g/mol. The second-order valence-corrected chi connectivity index (χ2v) is 7.78. The van der Waals surface area contributed by atoms with Crippen molar-refractivity contribution < 1.29 is 19.5 Å². The molecular weight excluding hydrogens is 404 g/mol. The van der Waals surface area contributed by atoms with Crippen LogP contribution >= 0.6 is 0 Å².